The predicted octanol–water partition coefficient (Wildman–Crippen LogP) is 7.18. The van der Waals surface area contributed by atoms with Crippen LogP contribution in [0.1, 0.15) is 0 Å². The van der Waals surface area contributed by atoms with Gasteiger partial charge in [-0.05, 0) is 66.2 Å². The van der Waals surface area contributed by atoms with E-state index in [2.05, 4.69) is 105 Å². The van der Waals surface area contributed by atoms with Gasteiger partial charge in [0.1, 0.15) is 5.82 Å². The molecule has 0 saturated heterocycles. The third kappa shape index (κ3) is 2.86. The van der Waals surface area contributed by atoms with Gasteiger partial charge in [0.25, 0.3) is 0 Å². The number of hydrogen-bond acceptors (Lipinski definition) is 2. The Morgan fingerprint density at radius 1 is 0.588 bits per heavy atom. The van der Waals surface area contributed by atoms with Crippen molar-refractivity contribution in [3.63, 3.8) is 0 Å². The molecule has 34 heavy (non-hydrogen) atoms. The van der Waals surface area contributed by atoms with Crippen LogP contribution in [-0.4, -0.2) is 19.1 Å². The molecule has 4 nitrogen and oxygen atoms in total. The van der Waals surface area contributed by atoms with E-state index in [1.54, 1.807) is 12.4 Å². The summed E-state index contributed by atoms with van der Waals surface area (Å²) in [5.74, 6) is 0.902. The maximum absolute atomic E-state index is 4.78. The van der Waals surface area contributed by atoms with Gasteiger partial charge in [0.05, 0.1) is 16.6 Å². The van der Waals surface area contributed by atoms with Crippen LogP contribution in [0.2, 0.25) is 0 Å². The fourth-order valence-corrected chi connectivity index (χ4v) is 4.90. The zero-order valence-electron chi connectivity index (χ0n) is 18.3. The molecule has 0 fully saturated rings. The molecule has 3 aromatic carbocycles. The van der Waals surface area contributed by atoms with Crippen LogP contribution in [0.25, 0.3) is 55.3 Å². The van der Waals surface area contributed by atoms with Crippen molar-refractivity contribution in [2.75, 3.05) is 0 Å². The zero-order chi connectivity index (χ0) is 22.5. The van der Waals surface area contributed by atoms with Gasteiger partial charge in [-0.15, -0.1) is 0 Å². The van der Waals surface area contributed by atoms with Crippen LogP contribution in [0.4, 0.5) is 0 Å². The van der Waals surface area contributed by atoms with Crippen molar-refractivity contribution in [1.29, 1.82) is 0 Å². The van der Waals surface area contributed by atoms with Crippen LogP contribution in [-0.2, 0) is 0 Å². The first-order valence-electron chi connectivity index (χ1n) is 11.3. The lowest BCUT2D eigenvalue weighted by atomic mass is 10.1. The molecule has 0 saturated carbocycles. The quantitative estimate of drug-likeness (QED) is 0.294. The van der Waals surface area contributed by atoms with Gasteiger partial charge in [-0.25, -0.2) is 4.98 Å². The summed E-state index contributed by atoms with van der Waals surface area (Å²) in [6.45, 7) is 0. The van der Waals surface area contributed by atoms with Crippen molar-refractivity contribution in [1.82, 2.24) is 19.1 Å². The number of hydrogen-bond donors (Lipinski definition) is 0. The maximum Gasteiger partial charge on any atom is 0.137 e. The number of rotatable bonds is 3. The monoisotopic (exact) mass is 436 g/mol. The Kier molecular flexibility index (Phi) is 4.11. The van der Waals surface area contributed by atoms with Gasteiger partial charge in [-0.2, -0.15) is 0 Å². The molecule has 4 heteroatoms. The van der Waals surface area contributed by atoms with Crippen LogP contribution < -0.4 is 0 Å². The van der Waals surface area contributed by atoms with E-state index < -0.39 is 0 Å². The van der Waals surface area contributed by atoms with E-state index in [1.807, 2.05) is 18.3 Å². The van der Waals surface area contributed by atoms with E-state index in [9.17, 15) is 0 Å². The molecule has 0 amide bonds. The smallest absolute Gasteiger partial charge is 0.137 e. The Morgan fingerprint density at radius 2 is 1.41 bits per heavy atom. The summed E-state index contributed by atoms with van der Waals surface area (Å²) >= 11 is 0. The first-order valence-corrected chi connectivity index (χ1v) is 11.3. The number of aromatic nitrogens is 4. The second-order valence-electron chi connectivity index (χ2n) is 8.44. The lowest BCUT2D eigenvalue weighted by Gasteiger charge is -2.08. The molecule has 0 radical (unpaired) electrons. The third-order valence-corrected chi connectivity index (χ3v) is 6.51. The van der Waals surface area contributed by atoms with Crippen molar-refractivity contribution in [2.24, 2.45) is 0 Å². The number of para-hydroxylation sites is 2. The summed E-state index contributed by atoms with van der Waals surface area (Å²) in [4.78, 5) is 8.88. The second-order valence-corrected chi connectivity index (χ2v) is 8.44. The van der Waals surface area contributed by atoms with Gasteiger partial charge in [0.15, 0.2) is 0 Å². The standard InChI is InChI=1S/C30H20N4/c1-2-6-24(7-3-1)34-27-9-5-4-8-25(27)26-19-28-22(18-29(26)34)14-17-33(28)30-11-10-23(20-32-30)21-12-15-31-16-13-21/h1-20H. The van der Waals surface area contributed by atoms with Gasteiger partial charge in [-0.1, -0.05) is 36.4 Å². The molecule has 4 aromatic heterocycles. The predicted molar refractivity (Wildman–Crippen MR) is 139 cm³/mol. The molecular weight excluding hydrogens is 416 g/mol. The zero-order valence-corrected chi connectivity index (χ0v) is 18.3. The van der Waals surface area contributed by atoms with Crippen molar-refractivity contribution >= 4 is 32.7 Å². The molecule has 0 bridgehead atoms. The van der Waals surface area contributed by atoms with E-state index >= 15 is 0 Å². The highest BCUT2D eigenvalue weighted by Crippen LogP contribution is 2.35. The van der Waals surface area contributed by atoms with Gasteiger partial charge in [-0.3, -0.25) is 4.98 Å². The van der Waals surface area contributed by atoms with E-state index in [-0.39, 0.29) is 0 Å². The number of pyridine rings is 2. The Labute approximate surface area is 196 Å². The van der Waals surface area contributed by atoms with Crippen LogP contribution in [0, 0.1) is 0 Å². The minimum Gasteiger partial charge on any atom is -0.309 e. The van der Waals surface area contributed by atoms with Gasteiger partial charge >= 0.3 is 0 Å². The Bertz CT molecular complexity index is 1780. The van der Waals surface area contributed by atoms with Gasteiger partial charge in [0.2, 0.25) is 0 Å². The van der Waals surface area contributed by atoms with Crippen molar-refractivity contribution in [3.8, 4) is 22.6 Å². The minimum absolute atomic E-state index is 0.902. The molecule has 0 aliphatic rings. The lowest BCUT2D eigenvalue weighted by Crippen LogP contribution is -1.96. The van der Waals surface area contributed by atoms with E-state index in [4.69, 9.17) is 4.98 Å². The molecule has 0 atom stereocenters. The molecule has 7 aromatic rings. The van der Waals surface area contributed by atoms with Gasteiger partial charge in [0, 0.05) is 52.2 Å². The fraction of sp³-hybridized carbons (Fsp3) is 0. The Morgan fingerprint density at radius 3 is 2.24 bits per heavy atom. The third-order valence-electron chi connectivity index (χ3n) is 6.51. The topological polar surface area (TPSA) is 35.6 Å². The molecule has 0 aliphatic carbocycles. The van der Waals surface area contributed by atoms with E-state index in [1.165, 1.54) is 32.9 Å². The average molecular weight is 437 g/mol. The van der Waals surface area contributed by atoms with Crippen LogP contribution in [0.3, 0.4) is 0 Å². The summed E-state index contributed by atoms with van der Waals surface area (Å²) in [5, 5.41) is 3.67. The van der Waals surface area contributed by atoms with Crippen molar-refractivity contribution in [2.45, 2.75) is 0 Å². The highest BCUT2D eigenvalue weighted by atomic mass is 15.0. The van der Waals surface area contributed by atoms with Crippen molar-refractivity contribution in [3.05, 3.63) is 122 Å². The summed E-state index contributed by atoms with van der Waals surface area (Å²) in [6, 6.07) is 34.1. The van der Waals surface area contributed by atoms with Crippen molar-refractivity contribution < 1.29 is 0 Å². The summed E-state index contributed by atoms with van der Waals surface area (Å²) in [6.07, 6.45) is 7.64. The lowest BCUT2D eigenvalue weighted by molar-refractivity contribution is 1.05. The highest BCUT2D eigenvalue weighted by Gasteiger charge is 2.15. The molecule has 7 rings (SSSR count). The number of nitrogens with zero attached hydrogens (tertiary/aromatic N) is 4. The molecule has 4 heterocycles. The number of fused-ring (bicyclic) bond motifs is 4. The van der Waals surface area contributed by atoms with Crippen LogP contribution >= 0.6 is 0 Å². The molecule has 0 spiro atoms. The minimum atomic E-state index is 0.902. The second kappa shape index (κ2) is 7.42. The first kappa shape index (κ1) is 18.8. The highest BCUT2D eigenvalue weighted by molar-refractivity contribution is 6.13. The van der Waals surface area contributed by atoms with Crippen LogP contribution in [0.5, 0.6) is 0 Å². The largest absolute Gasteiger partial charge is 0.309 e. The molecule has 0 aliphatic heterocycles. The Hall–Kier alpha value is -4.70. The molecule has 0 N–H and O–H groups in total. The summed E-state index contributed by atoms with van der Waals surface area (Å²) in [7, 11) is 0. The molecule has 0 unspecified atom stereocenters. The average Bonchev–Trinajstić information content (AvgIpc) is 3.47. The Balaban J connectivity index is 1.43. The first-order chi connectivity index (χ1) is 16.9. The normalized spacial score (nSPS) is 11.5. The van der Waals surface area contributed by atoms with E-state index in [0.29, 0.717) is 0 Å². The van der Waals surface area contributed by atoms with Crippen LogP contribution in [0.15, 0.2) is 122 Å². The fourth-order valence-electron chi connectivity index (χ4n) is 4.90. The maximum atomic E-state index is 4.78. The van der Waals surface area contributed by atoms with E-state index in [0.717, 1.165) is 22.5 Å². The molecule has 160 valence electrons. The summed E-state index contributed by atoms with van der Waals surface area (Å²) in [5.41, 5.74) is 6.92. The summed E-state index contributed by atoms with van der Waals surface area (Å²) < 4.78 is 4.52. The molecular formula is C30H20N4. The number of benzene rings is 3. The SMILES string of the molecule is c1ccc(-n2c3ccccc3c3cc4c(ccn4-c4ccc(-c5ccncc5)cn4)cc32)cc1. The van der Waals surface area contributed by atoms with Gasteiger partial charge < -0.3 is 9.13 Å².